The van der Waals surface area contributed by atoms with Crippen LogP contribution >= 0.6 is 23.8 Å². The molecule has 2 N–H and O–H groups in total. The molecule has 0 aliphatic heterocycles. The van der Waals surface area contributed by atoms with Gasteiger partial charge in [0.2, 0.25) is 5.91 Å². The Morgan fingerprint density at radius 1 is 0.960 bits per heavy atom. The van der Waals surface area contributed by atoms with Crippen LogP contribution in [-0.2, 0) is 4.79 Å². The lowest BCUT2D eigenvalue weighted by Gasteiger charge is -2.10. The highest BCUT2D eigenvalue weighted by Gasteiger charge is 2.05. The molecule has 1 amide bonds. The van der Waals surface area contributed by atoms with Gasteiger partial charge in [0.1, 0.15) is 0 Å². The van der Waals surface area contributed by atoms with Gasteiger partial charge in [-0.3, -0.25) is 10.1 Å². The van der Waals surface area contributed by atoms with Crippen LogP contribution in [0.2, 0.25) is 5.02 Å². The Hall–Kier alpha value is -2.69. The number of fused-ring (bicyclic) bond motifs is 1. The monoisotopic (exact) mass is 366 g/mol. The van der Waals surface area contributed by atoms with E-state index in [4.69, 9.17) is 23.8 Å². The van der Waals surface area contributed by atoms with Gasteiger partial charge in [-0.2, -0.15) is 0 Å². The Bertz CT molecular complexity index is 963. The molecule has 0 spiro atoms. The quantitative estimate of drug-likeness (QED) is 0.505. The Balaban J connectivity index is 1.66. The second-order valence-electron chi connectivity index (χ2n) is 5.32. The van der Waals surface area contributed by atoms with Gasteiger partial charge >= 0.3 is 0 Å². The average molecular weight is 367 g/mol. The second-order valence-corrected chi connectivity index (χ2v) is 6.14. The third-order valence-corrected chi connectivity index (χ3v) is 4.14. The molecule has 0 aliphatic carbocycles. The first-order valence-electron chi connectivity index (χ1n) is 7.66. The number of hydrogen-bond donors (Lipinski definition) is 2. The molecule has 3 rings (SSSR count). The SMILES string of the molecule is O=C(/C=C/c1ccccc1Cl)NC(=S)Nc1cccc2ccccc12. The third kappa shape index (κ3) is 4.44. The maximum atomic E-state index is 12.0. The molecule has 0 bridgehead atoms. The van der Waals surface area contributed by atoms with Gasteiger partial charge in [0.25, 0.3) is 0 Å². The smallest absolute Gasteiger partial charge is 0.250 e. The van der Waals surface area contributed by atoms with Crippen molar-refractivity contribution in [3.63, 3.8) is 0 Å². The first-order valence-corrected chi connectivity index (χ1v) is 8.44. The van der Waals surface area contributed by atoms with Gasteiger partial charge in [-0.25, -0.2) is 0 Å². The topological polar surface area (TPSA) is 41.1 Å². The lowest BCUT2D eigenvalue weighted by molar-refractivity contribution is -0.115. The number of halogens is 1. The van der Waals surface area contributed by atoms with E-state index in [9.17, 15) is 4.79 Å². The van der Waals surface area contributed by atoms with E-state index in [-0.39, 0.29) is 11.0 Å². The summed E-state index contributed by atoms with van der Waals surface area (Å²) in [4.78, 5) is 12.0. The summed E-state index contributed by atoms with van der Waals surface area (Å²) in [6.07, 6.45) is 3.05. The number of nitrogens with one attached hydrogen (secondary N) is 2. The van der Waals surface area contributed by atoms with Crippen molar-refractivity contribution < 1.29 is 4.79 Å². The van der Waals surface area contributed by atoms with Crippen LogP contribution in [0.25, 0.3) is 16.8 Å². The Morgan fingerprint density at radius 2 is 1.68 bits per heavy atom. The van der Waals surface area contributed by atoms with Crippen LogP contribution in [0, 0.1) is 0 Å². The van der Waals surface area contributed by atoms with Gasteiger partial charge in [0.05, 0.1) is 0 Å². The Morgan fingerprint density at radius 3 is 2.52 bits per heavy atom. The molecule has 0 unspecified atom stereocenters. The number of hydrogen-bond acceptors (Lipinski definition) is 2. The average Bonchev–Trinajstić information content (AvgIpc) is 2.61. The maximum Gasteiger partial charge on any atom is 0.250 e. The molecule has 0 aromatic heterocycles. The van der Waals surface area contributed by atoms with Crippen molar-refractivity contribution in [1.29, 1.82) is 0 Å². The molecule has 3 nitrogen and oxygen atoms in total. The van der Waals surface area contributed by atoms with Crippen molar-refractivity contribution >= 4 is 57.4 Å². The van der Waals surface area contributed by atoms with Crippen molar-refractivity contribution in [3.05, 3.63) is 83.4 Å². The number of rotatable bonds is 3. The fourth-order valence-electron chi connectivity index (χ4n) is 2.42. The number of amides is 1. The van der Waals surface area contributed by atoms with Crippen molar-refractivity contribution in [2.45, 2.75) is 0 Å². The van der Waals surface area contributed by atoms with Crippen LogP contribution in [0.3, 0.4) is 0 Å². The van der Waals surface area contributed by atoms with Gasteiger partial charge in [0.15, 0.2) is 5.11 Å². The second kappa shape index (κ2) is 7.92. The summed E-state index contributed by atoms with van der Waals surface area (Å²) in [5.41, 5.74) is 1.62. The van der Waals surface area contributed by atoms with Crippen LogP contribution in [0.4, 0.5) is 5.69 Å². The number of benzene rings is 3. The minimum atomic E-state index is -0.322. The molecule has 124 valence electrons. The number of anilines is 1. The van der Waals surface area contributed by atoms with Crippen LogP contribution < -0.4 is 10.6 Å². The van der Waals surface area contributed by atoms with Crippen molar-refractivity contribution in [3.8, 4) is 0 Å². The number of carbonyl (C=O) groups is 1. The van der Waals surface area contributed by atoms with Crippen LogP contribution in [-0.4, -0.2) is 11.0 Å². The zero-order valence-corrected chi connectivity index (χ0v) is 14.8. The van der Waals surface area contributed by atoms with Gasteiger partial charge in [-0.1, -0.05) is 66.2 Å². The Labute approximate surface area is 156 Å². The molecular formula is C20H15ClN2OS. The van der Waals surface area contributed by atoms with E-state index in [2.05, 4.69) is 10.6 Å². The van der Waals surface area contributed by atoms with Gasteiger partial charge in [-0.15, -0.1) is 0 Å². The fraction of sp³-hybridized carbons (Fsp3) is 0. The van der Waals surface area contributed by atoms with Crippen molar-refractivity contribution in [2.24, 2.45) is 0 Å². The zero-order chi connectivity index (χ0) is 17.6. The summed E-state index contributed by atoms with van der Waals surface area (Å²) in [5, 5.41) is 8.66. The molecule has 0 saturated carbocycles. The number of carbonyl (C=O) groups excluding carboxylic acids is 1. The normalized spacial score (nSPS) is 10.8. The predicted molar refractivity (Wildman–Crippen MR) is 109 cm³/mol. The molecule has 0 heterocycles. The predicted octanol–water partition coefficient (Wildman–Crippen LogP) is 5.02. The summed E-state index contributed by atoms with van der Waals surface area (Å²) in [7, 11) is 0. The highest BCUT2D eigenvalue weighted by molar-refractivity contribution is 7.80. The highest BCUT2D eigenvalue weighted by Crippen LogP contribution is 2.22. The van der Waals surface area contributed by atoms with Crippen molar-refractivity contribution in [2.75, 3.05) is 5.32 Å². The molecule has 0 fully saturated rings. The van der Waals surface area contributed by atoms with Crippen LogP contribution in [0.15, 0.2) is 72.8 Å². The molecule has 3 aromatic rings. The van der Waals surface area contributed by atoms with Gasteiger partial charge < -0.3 is 5.32 Å². The highest BCUT2D eigenvalue weighted by atomic mass is 35.5. The number of thiocarbonyl (C=S) groups is 1. The molecule has 3 aromatic carbocycles. The summed E-state index contributed by atoms with van der Waals surface area (Å²) >= 11 is 11.3. The largest absolute Gasteiger partial charge is 0.332 e. The standard InChI is InChI=1S/C20H15ClN2OS/c21-17-10-4-2-7-15(17)12-13-19(24)23-20(25)22-18-11-5-8-14-6-1-3-9-16(14)18/h1-13H,(H2,22,23,24,25)/b13-12+. The molecule has 0 aliphatic rings. The summed E-state index contributed by atoms with van der Waals surface area (Å²) in [5.74, 6) is -0.322. The van der Waals surface area contributed by atoms with E-state index in [0.29, 0.717) is 5.02 Å². The van der Waals surface area contributed by atoms with E-state index in [0.717, 1.165) is 22.0 Å². The third-order valence-electron chi connectivity index (χ3n) is 3.59. The molecule has 25 heavy (non-hydrogen) atoms. The molecule has 5 heteroatoms. The first-order chi connectivity index (χ1) is 12.1. The Kier molecular flexibility index (Phi) is 5.43. The van der Waals surface area contributed by atoms with E-state index >= 15 is 0 Å². The van der Waals surface area contributed by atoms with E-state index in [1.165, 1.54) is 6.08 Å². The minimum Gasteiger partial charge on any atom is -0.332 e. The van der Waals surface area contributed by atoms with Crippen molar-refractivity contribution in [1.82, 2.24) is 5.32 Å². The first kappa shape index (κ1) is 17.1. The summed E-state index contributed by atoms with van der Waals surface area (Å²) in [6, 6.07) is 21.1. The molecular weight excluding hydrogens is 352 g/mol. The zero-order valence-electron chi connectivity index (χ0n) is 13.2. The van der Waals surface area contributed by atoms with Crippen LogP contribution in [0.5, 0.6) is 0 Å². The molecule has 0 radical (unpaired) electrons. The minimum absolute atomic E-state index is 0.241. The van der Waals surface area contributed by atoms with Crippen LogP contribution in [0.1, 0.15) is 5.56 Å². The summed E-state index contributed by atoms with van der Waals surface area (Å²) < 4.78 is 0. The fourth-order valence-corrected chi connectivity index (χ4v) is 2.83. The molecule has 0 saturated heterocycles. The van der Waals surface area contributed by atoms with E-state index in [1.54, 1.807) is 12.1 Å². The molecule has 0 atom stereocenters. The van der Waals surface area contributed by atoms with E-state index in [1.807, 2.05) is 60.7 Å². The lowest BCUT2D eigenvalue weighted by atomic mass is 10.1. The summed E-state index contributed by atoms with van der Waals surface area (Å²) in [6.45, 7) is 0. The maximum absolute atomic E-state index is 12.0. The van der Waals surface area contributed by atoms with Gasteiger partial charge in [0, 0.05) is 22.2 Å². The van der Waals surface area contributed by atoms with E-state index < -0.39 is 0 Å². The lowest BCUT2D eigenvalue weighted by Crippen LogP contribution is -2.32. The van der Waals surface area contributed by atoms with Gasteiger partial charge in [-0.05, 0) is 41.4 Å².